The second kappa shape index (κ2) is 4.52. The van der Waals surface area contributed by atoms with E-state index in [9.17, 15) is 4.79 Å². The minimum atomic E-state index is -0.865. The van der Waals surface area contributed by atoms with Gasteiger partial charge in [0.15, 0.2) is 0 Å². The Labute approximate surface area is 104 Å². The third-order valence-corrected chi connectivity index (χ3v) is 3.25. The van der Waals surface area contributed by atoms with Gasteiger partial charge in [-0.25, -0.2) is 4.79 Å². The van der Waals surface area contributed by atoms with Gasteiger partial charge in [0.05, 0.1) is 0 Å². The highest BCUT2D eigenvalue weighted by Crippen LogP contribution is 2.31. The van der Waals surface area contributed by atoms with E-state index in [2.05, 4.69) is 0 Å². The predicted octanol–water partition coefficient (Wildman–Crippen LogP) is 3.46. The van der Waals surface area contributed by atoms with Gasteiger partial charge in [0.25, 0.3) is 0 Å². The first kappa shape index (κ1) is 11.6. The van der Waals surface area contributed by atoms with Crippen LogP contribution in [0.4, 0.5) is 4.79 Å². The van der Waals surface area contributed by atoms with Gasteiger partial charge in [-0.1, -0.05) is 23.2 Å². The fraction of sp³-hybridized carbons (Fsp3) is 0.364. The molecule has 3 nitrogen and oxygen atoms in total. The van der Waals surface area contributed by atoms with Crippen LogP contribution in [0.5, 0.6) is 0 Å². The minimum absolute atomic E-state index is 0.201. The van der Waals surface area contributed by atoms with Crippen LogP contribution in [0.15, 0.2) is 18.2 Å². The first-order valence-electron chi connectivity index (χ1n) is 5.00. The Hall–Kier alpha value is -0.930. The third-order valence-electron chi connectivity index (χ3n) is 2.82. The van der Waals surface area contributed by atoms with E-state index in [0.29, 0.717) is 23.1 Å². The molecule has 0 radical (unpaired) electrons. The van der Waals surface area contributed by atoms with E-state index in [1.165, 1.54) is 4.90 Å². The third kappa shape index (κ3) is 2.42. The monoisotopic (exact) mass is 259 g/mol. The molecule has 1 aliphatic rings. The molecule has 2 rings (SSSR count). The van der Waals surface area contributed by atoms with E-state index in [0.717, 1.165) is 12.0 Å². The molecule has 1 fully saturated rings. The van der Waals surface area contributed by atoms with Crippen molar-refractivity contribution < 1.29 is 9.90 Å². The average Bonchev–Trinajstić information content (AvgIpc) is 2.64. The van der Waals surface area contributed by atoms with Crippen LogP contribution in [0.25, 0.3) is 0 Å². The van der Waals surface area contributed by atoms with Gasteiger partial charge in [0, 0.05) is 29.1 Å². The SMILES string of the molecule is O=C(O)N1CCC(c2cc(Cl)cc(Cl)c2)C1. The average molecular weight is 260 g/mol. The van der Waals surface area contributed by atoms with Crippen molar-refractivity contribution in [2.45, 2.75) is 12.3 Å². The quantitative estimate of drug-likeness (QED) is 0.839. The van der Waals surface area contributed by atoms with Crippen LogP contribution in [-0.4, -0.2) is 29.2 Å². The van der Waals surface area contributed by atoms with Crippen molar-refractivity contribution in [1.82, 2.24) is 4.90 Å². The minimum Gasteiger partial charge on any atom is -0.465 e. The van der Waals surface area contributed by atoms with Crippen molar-refractivity contribution in [2.75, 3.05) is 13.1 Å². The van der Waals surface area contributed by atoms with Crippen LogP contribution in [-0.2, 0) is 0 Å². The number of nitrogens with zero attached hydrogens (tertiary/aromatic N) is 1. The van der Waals surface area contributed by atoms with E-state index < -0.39 is 6.09 Å². The summed E-state index contributed by atoms with van der Waals surface area (Å²) in [7, 11) is 0. The lowest BCUT2D eigenvalue weighted by atomic mass is 9.99. The zero-order valence-corrected chi connectivity index (χ0v) is 10.0. The molecule has 1 heterocycles. The van der Waals surface area contributed by atoms with Gasteiger partial charge in [0.1, 0.15) is 0 Å². The van der Waals surface area contributed by atoms with Crippen molar-refractivity contribution in [3.8, 4) is 0 Å². The summed E-state index contributed by atoms with van der Waals surface area (Å²) in [6, 6.07) is 5.38. The Balaban J connectivity index is 2.17. The van der Waals surface area contributed by atoms with Crippen LogP contribution in [0.3, 0.4) is 0 Å². The van der Waals surface area contributed by atoms with E-state index in [-0.39, 0.29) is 5.92 Å². The standard InChI is InChI=1S/C11H11Cl2NO2/c12-9-3-8(4-10(13)5-9)7-1-2-14(6-7)11(15)16/h3-5,7H,1-2,6H2,(H,15,16). The van der Waals surface area contributed by atoms with Crippen molar-refractivity contribution in [3.05, 3.63) is 33.8 Å². The van der Waals surface area contributed by atoms with Crippen LogP contribution in [0.2, 0.25) is 10.0 Å². The zero-order chi connectivity index (χ0) is 11.7. The number of amides is 1. The summed E-state index contributed by atoms with van der Waals surface area (Å²) in [6.45, 7) is 1.09. The van der Waals surface area contributed by atoms with E-state index in [1.807, 2.05) is 12.1 Å². The van der Waals surface area contributed by atoms with Crippen molar-refractivity contribution in [3.63, 3.8) is 0 Å². The second-order valence-corrected chi connectivity index (χ2v) is 4.79. The fourth-order valence-corrected chi connectivity index (χ4v) is 2.56. The number of carbonyl (C=O) groups is 1. The highest BCUT2D eigenvalue weighted by molar-refractivity contribution is 6.34. The highest BCUT2D eigenvalue weighted by Gasteiger charge is 2.27. The number of carboxylic acid groups (broad SMARTS) is 1. The van der Waals surface area contributed by atoms with Gasteiger partial charge in [-0.05, 0) is 30.2 Å². The lowest BCUT2D eigenvalue weighted by molar-refractivity contribution is 0.155. The van der Waals surface area contributed by atoms with Crippen LogP contribution < -0.4 is 0 Å². The van der Waals surface area contributed by atoms with Gasteiger partial charge in [0.2, 0.25) is 0 Å². The normalized spacial score (nSPS) is 20.1. The van der Waals surface area contributed by atoms with Gasteiger partial charge >= 0.3 is 6.09 Å². The zero-order valence-electron chi connectivity index (χ0n) is 8.49. The molecule has 16 heavy (non-hydrogen) atoms. The van der Waals surface area contributed by atoms with Gasteiger partial charge in [-0.3, -0.25) is 0 Å². The molecule has 1 aromatic carbocycles. The van der Waals surface area contributed by atoms with Crippen LogP contribution >= 0.6 is 23.2 Å². The first-order chi connectivity index (χ1) is 7.56. The molecule has 0 spiro atoms. The number of hydrogen-bond acceptors (Lipinski definition) is 1. The molecule has 0 aliphatic carbocycles. The predicted molar refractivity (Wildman–Crippen MR) is 63.4 cm³/mol. The van der Waals surface area contributed by atoms with E-state index >= 15 is 0 Å². The van der Waals surface area contributed by atoms with E-state index in [1.54, 1.807) is 6.07 Å². The van der Waals surface area contributed by atoms with Crippen LogP contribution in [0.1, 0.15) is 17.9 Å². The molecule has 0 bridgehead atoms. The first-order valence-corrected chi connectivity index (χ1v) is 5.75. The molecular weight excluding hydrogens is 249 g/mol. The summed E-state index contributed by atoms with van der Waals surface area (Å²) in [4.78, 5) is 12.2. The number of hydrogen-bond donors (Lipinski definition) is 1. The Kier molecular flexibility index (Phi) is 3.26. The van der Waals surface area contributed by atoms with Crippen LogP contribution in [0, 0.1) is 0 Å². The summed E-state index contributed by atoms with van der Waals surface area (Å²) in [5.41, 5.74) is 1.02. The Morgan fingerprint density at radius 3 is 2.44 bits per heavy atom. The molecule has 0 saturated carbocycles. The van der Waals surface area contributed by atoms with E-state index in [4.69, 9.17) is 28.3 Å². The van der Waals surface area contributed by atoms with Gasteiger partial charge < -0.3 is 10.0 Å². The molecule has 1 aliphatic heterocycles. The Bertz CT molecular complexity index is 402. The number of benzene rings is 1. The highest BCUT2D eigenvalue weighted by atomic mass is 35.5. The maximum Gasteiger partial charge on any atom is 0.407 e. The summed E-state index contributed by atoms with van der Waals surface area (Å²) in [6.07, 6.45) is -0.0428. The summed E-state index contributed by atoms with van der Waals surface area (Å²) in [5.74, 6) is 0.201. The molecule has 0 aromatic heterocycles. The lowest BCUT2D eigenvalue weighted by Crippen LogP contribution is -2.26. The Morgan fingerprint density at radius 2 is 1.94 bits per heavy atom. The lowest BCUT2D eigenvalue weighted by Gasteiger charge is -2.13. The molecule has 1 unspecified atom stereocenters. The number of likely N-dealkylation sites (tertiary alicyclic amines) is 1. The van der Waals surface area contributed by atoms with Crippen molar-refractivity contribution >= 4 is 29.3 Å². The summed E-state index contributed by atoms with van der Waals surface area (Å²) >= 11 is 11.8. The molecule has 1 atom stereocenters. The molecule has 1 saturated heterocycles. The molecule has 5 heteroatoms. The summed E-state index contributed by atoms with van der Waals surface area (Å²) in [5, 5.41) is 10.0. The molecule has 1 N–H and O–H groups in total. The number of halogens is 2. The van der Waals surface area contributed by atoms with Crippen molar-refractivity contribution in [1.29, 1.82) is 0 Å². The topological polar surface area (TPSA) is 40.5 Å². The maximum absolute atomic E-state index is 10.8. The van der Waals surface area contributed by atoms with Gasteiger partial charge in [-0.2, -0.15) is 0 Å². The molecule has 1 aromatic rings. The van der Waals surface area contributed by atoms with Gasteiger partial charge in [-0.15, -0.1) is 0 Å². The second-order valence-electron chi connectivity index (χ2n) is 3.92. The largest absolute Gasteiger partial charge is 0.465 e. The fourth-order valence-electron chi connectivity index (χ4n) is 2.02. The molecule has 1 amide bonds. The number of rotatable bonds is 1. The maximum atomic E-state index is 10.8. The van der Waals surface area contributed by atoms with Crippen molar-refractivity contribution in [2.24, 2.45) is 0 Å². The molecular formula is C11H11Cl2NO2. The smallest absolute Gasteiger partial charge is 0.407 e. The summed E-state index contributed by atoms with van der Waals surface area (Å²) < 4.78 is 0. The molecule has 86 valence electrons. The Morgan fingerprint density at radius 1 is 1.31 bits per heavy atom.